The topological polar surface area (TPSA) is 86.8 Å². The van der Waals surface area contributed by atoms with Gasteiger partial charge >= 0.3 is 0 Å². The van der Waals surface area contributed by atoms with E-state index in [9.17, 15) is 18.0 Å². The fourth-order valence-corrected chi connectivity index (χ4v) is 7.22. The van der Waals surface area contributed by atoms with Gasteiger partial charge in [-0.3, -0.25) is 13.9 Å². The van der Waals surface area contributed by atoms with Crippen LogP contribution in [0.15, 0.2) is 95.9 Å². The van der Waals surface area contributed by atoms with Crippen LogP contribution in [0.4, 0.5) is 5.69 Å². The van der Waals surface area contributed by atoms with E-state index in [-0.39, 0.29) is 23.8 Å². The van der Waals surface area contributed by atoms with Gasteiger partial charge in [0.05, 0.1) is 10.6 Å². The van der Waals surface area contributed by atoms with Crippen molar-refractivity contribution in [3.05, 3.63) is 129 Å². The Hall–Kier alpha value is -3.85. The van der Waals surface area contributed by atoms with Crippen LogP contribution in [-0.4, -0.2) is 43.3 Å². The number of amides is 2. The molecule has 0 heterocycles. The third-order valence-corrected chi connectivity index (χ3v) is 9.99. The predicted molar refractivity (Wildman–Crippen MR) is 190 cm³/mol. The summed E-state index contributed by atoms with van der Waals surface area (Å²) in [6.45, 7) is 10.6. The predicted octanol–water partition coefficient (Wildman–Crippen LogP) is 7.67. The van der Waals surface area contributed by atoms with E-state index in [1.54, 1.807) is 36.4 Å². The maximum Gasteiger partial charge on any atom is 0.264 e. The number of anilines is 1. The van der Waals surface area contributed by atoms with E-state index in [1.807, 2.05) is 84.0 Å². The molecule has 1 N–H and O–H groups in total. The van der Waals surface area contributed by atoms with E-state index in [0.29, 0.717) is 26.9 Å². The molecule has 1 atom stereocenters. The SMILES string of the molecule is Cc1ccc(S(=O)(=O)N(CC(=O)N(Cc2ccc(Cl)cc2Cl)C(Cc2ccccc2)C(=O)NC(C)(C)C)c2ccc(C)cc2C)cc1. The lowest BCUT2D eigenvalue weighted by molar-refractivity contribution is -0.140. The molecular weight excluding hydrogens is 653 g/mol. The van der Waals surface area contributed by atoms with E-state index in [2.05, 4.69) is 5.32 Å². The summed E-state index contributed by atoms with van der Waals surface area (Å²) in [7, 11) is -4.21. The van der Waals surface area contributed by atoms with Crippen LogP contribution in [0.1, 0.15) is 48.6 Å². The van der Waals surface area contributed by atoms with Crippen molar-refractivity contribution in [3.8, 4) is 0 Å². The van der Waals surface area contributed by atoms with Crippen molar-refractivity contribution in [2.45, 2.75) is 71.0 Å². The smallest absolute Gasteiger partial charge is 0.264 e. The van der Waals surface area contributed by atoms with Gasteiger partial charge in [-0.1, -0.05) is 95.0 Å². The first-order valence-corrected chi connectivity index (χ1v) is 17.5. The number of carbonyl (C=O) groups is 2. The molecule has 0 fully saturated rings. The van der Waals surface area contributed by atoms with Gasteiger partial charge in [-0.2, -0.15) is 0 Å². The standard InChI is InChI=1S/C37H41Cl2N3O4S/c1-25-12-17-31(18-13-25)47(45,46)42(33-19-14-26(2)20-27(33)3)24-35(43)41(23-29-15-16-30(38)22-32(29)39)34(36(44)40-37(4,5)6)21-28-10-8-7-9-11-28/h7-20,22,34H,21,23-24H2,1-6H3,(H,40,44). The van der Waals surface area contributed by atoms with E-state index >= 15 is 0 Å². The Labute approximate surface area is 288 Å². The molecule has 2 amide bonds. The van der Waals surface area contributed by atoms with Crippen molar-refractivity contribution >= 4 is 50.7 Å². The number of aryl methyl sites for hydroxylation is 3. The second-order valence-corrected chi connectivity index (χ2v) is 15.5. The minimum atomic E-state index is -4.21. The number of hydrogen-bond donors (Lipinski definition) is 1. The molecule has 7 nitrogen and oxygen atoms in total. The number of nitrogens with one attached hydrogen (secondary N) is 1. The molecule has 0 saturated heterocycles. The summed E-state index contributed by atoms with van der Waals surface area (Å²) in [6, 6.07) is 25.2. The Bertz CT molecular complexity index is 1840. The molecule has 1 unspecified atom stereocenters. The third-order valence-electron chi connectivity index (χ3n) is 7.63. The number of sulfonamides is 1. The van der Waals surface area contributed by atoms with Crippen LogP contribution in [0.3, 0.4) is 0 Å². The van der Waals surface area contributed by atoms with Crippen molar-refractivity contribution in [1.82, 2.24) is 10.2 Å². The summed E-state index contributed by atoms with van der Waals surface area (Å²) in [5.41, 5.74) is 3.70. The highest BCUT2D eigenvalue weighted by atomic mass is 35.5. The maximum atomic E-state index is 14.7. The molecule has 0 radical (unpaired) electrons. The highest BCUT2D eigenvalue weighted by Gasteiger charge is 2.36. The van der Waals surface area contributed by atoms with Gasteiger partial charge in [0.2, 0.25) is 11.8 Å². The van der Waals surface area contributed by atoms with Gasteiger partial charge in [0, 0.05) is 28.5 Å². The van der Waals surface area contributed by atoms with Gasteiger partial charge in [-0.05, 0) is 88.6 Å². The van der Waals surface area contributed by atoms with Gasteiger partial charge in [0.15, 0.2) is 0 Å². The average molecular weight is 695 g/mol. The first-order valence-electron chi connectivity index (χ1n) is 15.3. The first kappa shape index (κ1) is 36.0. The van der Waals surface area contributed by atoms with Crippen LogP contribution >= 0.6 is 23.2 Å². The van der Waals surface area contributed by atoms with E-state index < -0.39 is 34.1 Å². The van der Waals surface area contributed by atoms with Crippen LogP contribution in [-0.2, 0) is 32.6 Å². The molecule has 0 bridgehead atoms. The Morgan fingerprint density at radius 2 is 1.47 bits per heavy atom. The summed E-state index contributed by atoms with van der Waals surface area (Å²) in [5, 5.41) is 3.77. The maximum absolute atomic E-state index is 14.7. The van der Waals surface area contributed by atoms with Gasteiger partial charge in [0.1, 0.15) is 12.6 Å². The quantitative estimate of drug-likeness (QED) is 0.175. The second kappa shape index (κ2) is 14.9. The summed E-state index contributed by atoms with van der Waals surface area (Å²) >= 11 is 12.8. The molecular formula is C37H41Cl2N3O4S. The normalized spacial score (nSPS) is 12.3. The lowest BCUT2D eigenvalue weighted by atomic mass is 10.0. The highest BCUT2D eigenvalue weighted by molar-refractivity contribution is 7.92. The largest absolute Gasteiger partial charge is 0.350 e. The van der Waals surface area contributed by atoms with Crippen molar-refractivity contribution in [2.24, 2.45) is 0 Å². The zero-order chi connectivity index (χ0) is 34.5. The number of hydrogen-bond acceptors (Lipinski definition) is 4. The van der Waals surface area contributed by atoms with Crippen LogP contribution in [0.2, 0.25) is 10.0 Å². The van der Waals surface area contributed by atoms with E-state index in [4.69, 9.17) is 23.2 Å². The zero-order valence-electron chi connectivity index (χ0n) is 27.6. The Morgan fingerprint density at radius 1 is 0.830 bits per heavy atom. The lowest BCUT2D eigenvalue weighted by Gasteiger charge is -2.35. The molecule has 47 heavy (non-hydrogen) atoms. The monoisotopic (exact) mass is 693 g/mol. The van der Waals surface area contributed by atoms with Crippen molar-refractivity contribution in [2.75, 3.05) is 10.8 Å². The number of halogens is 2. The summed E-state index contributed by atoms with van der Waals surface area (Å²) in [4.78, 5) is 30.2. The molecule has 0 aliphatic carbocycles. The first-order chi connectivity index (χ1) is 22.0. The van der Waals surface area contributed by atoms with Crippen LogP contribution in [0.25, 0.3) is 0 Å². The number of nitrogens with zero attached hydrogens (tertiary/aromatic N) is 2. The molecule has 4 rings (SSSR count). The lowest BCUT2D eigenvalue weighted by Crippen LogP contribution is -2.56. The Morgan fingerprint density at radius 3 is 2.06 bits per heavy atom. The molecule has 0 spiro atoms. The van der Waals surface area contributed by atoms with Crippen molar-refractivity contribution in [1.29, 1.82) is 0 Å². The van der Waals surface area contributed by atoms with Crippen molar-refractivity contribution in [3.63, 3.8) is 0 Å². The van der Waals surface area contributed by atoms with Crippen molar-refractivity contribution < 1.29 is 18.0 Å². The van der Waals surface area contributed by atoms with Gasteiger partial charge in [-0.25, -0.2) is 8.42 Å². The van der Waals surface area contributed by atoms with Crippen LogP contribution in [0, 0.1) is 20.8 Å². The van der Waals surface area contributed by atoms with Gasteiger partial charge in [-0.15, -0.1) is 0 Å². The minimum absolute atomic E-state index is 0.0504. The Balaban J connectivity index is 1.86. The minimum Gasteiger partial charge on any atom is -0.350 e. The second-order valence-electron chi connectivity index (χ2n) is 12.8. The average Bonchev–Trinajstić information content (AvgIpc) is 2.98. The van der Waals surface area contributed by atoms with E-state index in [1.165, 1.54) is 17.0 Å². The fraction of sp³-hybridized carbons (Fsp3) is 0.297. The van der Waals surface area contributed by atoms with Gasteiger partial charge < -0.3 is 10.2 Å². The third kappa shape index (κ3) is 9.37. The molecule has 0 aliphatic heterocycles. The highest BCUT2D eigenvalue weighted by Crippen LogP contribution is 2.30. The zero-order valence-corrected chi connectivity index (χ0v) is 29.9. The number of rotatable bonds is 11. The van der Waals surface area contributed by atoms with Gasteiger partial charge in [0.25, 0.3) is 10.0 Å². The molecule has 0 saturated carbocycles. The van der Waals surface area contributed by atoms with E-state index in [0.717, 1.165) is 21.0 Å². The molecule has 4 aromatic rings. The number of benzene rings is 4. The summed E-state index contributed by atoms with van der Waals surface area (Å²) in [5.74, 6) is -0.948. The number of carbonyl (C=O) groups excluding carboxylic acids is 2. The molecule has 10 heteroatoms. The molecule has 0 aromatic heterocycles. The fourth-order valence-electron chi connectivity index (χ4n) is 5.28. The van der Waals surface area contributed by atoms with Crippen LogP contribution < -0.4 is 9.62 Å². The molecule has 4 aromatic carbocycles. The summed E-state index contributed by atoms with van der Waals surface area (Å²) in [6.07, 6.45) is 0.188. The molecule has 248 valence electrons. The molecule has 0 aliphatic rings. The summed E-state index contributed by atoms with van der Waals surface area (Å²) < 4.78 is 29.8. The van der Waals surface area contributed by atoms with Crippen LogP contribution in [0.5, 0.6) is 0 Å². The Kier molecular flexibility index (Phi) is 11.4.